The first-order chi connectivity index (χ1) is 13.4. The van der Waals surface area contributed by atoms with Crippen molar-refractivity contribution in [3.05, 3.63) is 68.3 Å². The van der Waals surface area contributed by atoms with Crippen LogP contribution in [0.15, 0.2) is 41.3 Å². The fourth-order valence-corrected chi connectivity index (χ4v) is 3.73. The molecule has 144 valence electrons. The van der Waals surface area contributed by atoms with Gasteiger partial charge in [-0.05, 0) is 48.5 Å². The van der Waals surface area contributed by atoms with Crippen molar-refractivity contribution in [2.24, 2.45) is 0 Å². The molecule has 1 aromatic carbocycles. The maximum atomic E-state index is 12.5. The Morgan fingerprint density at radius 2 is 1.96 bits per heavy atom. The van der Waals surface area contributed by atoms with Gasteiger partial charge in [0.25, 0.3) is 17.1 Å². The second-order valence-corrected chi connectivity index (χ2v) is 7.67. The molecule has 3 amide bonds. The van der Waals surface area contributed by atoms with Crippen LogP contribution in [0, 0.1) is 6.92 Å². The largest absolute Gasteiger partial charge is 0.349 e. The number of pyridine rings is 1. The Hall–Kier alpha value is -2.35. The van der Waals surface area contributed by atoms with Crippen LogP contribution in [0.25, 0.3) is 6.08 Å². The molecule has 0 spiro atoms. The van der Waals surface area contributed by atoms with Crippen molar-refractivity contribution in [3.63, 3.8) is 0 Å². The van der Waals surface area contributed by atoms with E-state index in [2.05, 4.69) is 10.3 Å². The molecule has 0 radical (unpaired) electrons. The molecule has 0 saturated carbocycles. The number of carbonyl (C=O) groups excluding carboxylic acids is 3. The summed E-state index contributed by atoms with van der Waals surface area (Å²) in [4.78, 5) is 42.3. The van der Waals surface area contributed by atoms with E-state index in [1.165, 1.54) is 6.08 Å². The number of amides is 3. The molecule has 1 aliphatic heterocycles. The third-order valence-electron chi connectivity index (χ3n) is 3.88. The summed E-state index contributed by atoms with van der Waals surface area (Å²) < 4.78 is 0. The molecule has 28 heavy (non-hydrogen) atoms. The van der Waals surface area contributed by atoms with Crippen molar-refractivity contribution in [1.29, 1.82) is 0 Å². The first-order valence-electron chi connectivity index (χ1n) is 8.28. The monoisotopic (exact) mass is 435 g/mol. The van der Waals surface area contributed by atoms with Gasteiger partial charge < -0.3 is 5.32 Å². The van der Waals surface area contributed by atoms with E-state index in [4.69, 9.17) is 23.2 Å². The molecule has 0 bridgehead atoms. The Labute approximate surface area is 175 Å². The smallest absolute Gasteiger partial charge is 0.293 e. The van der Waals surface area contributed by atoms with Gasteiger partial charge in [0.05, 0.1) is 15.0 Å². The summed E-state index contributed by atoms with van der Waals surface area (Å²) in [5.41, 5.74) is 1.56. The summed E-state index contributed by atoms with van der Waals surface area (Å²) in [6.07, 6.45) is 1.54. The summed E-state index contributed by atoms with van der Waals surface area (Å²) in [6.45, 7) is 1.97. The number of aromatic nitrogens is 1. The molecule has 1 fully saturated rings. The van der Waals surface area contributed by atoms with Gasteiger partial charge in [-0.15, -0.1) is 0 Å². The molecule has 2 heterocycles. The minimum absolute atomic E-state index is 0.0584. The highest BCUT2D eigenvalue weighted by molar-refractivity contribution is 8.18. The number of nitrogens with zero attached hydrogens (tertiary/aromatic N) is 2. The maximum Gasteiger partial charge on any atom is 0.293 e. The summed E-state index contributed by atoms with van der Waals surface area (Å²) in [5.74, 6) is -0.800. The summed E-state index contributed by atoms with van der Waals surface area (Å²) in [5, 5.41) is 2.93. The highest BCUT2D eigenvalue weighted by Gasteiger charge is 2.34. The third-order valence-corrected chi connectivity index (χ3v) is 5.62. The van der Waals surface area contributed by atoms with Gasteiger partial charge in [0.1, 0.15) is 5.69 Å². The normalized spacial score (nSPS) is 15.4. The Morgan fingerprint density at radius 1 is 1.21 bits per heavy atom. The lowest BCUT2D eigenvalue weighted by molar-refractivity contribution is -0.122. The molecule has 1 aromatic heterocycles. The van der Waals surface area contributed by atoms with E-state index in [-0.39, 0.29) is 29.6 Å². The quantitative estimate of drug-likeness (QED) is 0.712. The molecule has 0 unspecified atom stereocenters. The van der Waals surface area contributed by atoms with Gasteiger partial charge in [-0.1, -0.05) is 41.4 Å². The number of rotatable bonds is 5. The zero-order chi connectivity index (χ0) is 20.3. The van der Waals surface area contributed by atoms with Gasteiger partial charge in [-0.2, -0.15) is 0 Å². The Balaban J connectivity index is 1.63. The lowest BCUT2D eigenvalue weighted by atomic mass is 10.2. The van der Waals surface area contributed by atoms with Crippen molar-refractivity contribution in [1.82, 2.24) is 15.2 Å². The molecule has 1 aliphatic rings. The van der Waals surface area contributed by atoms with Crippen LogP contribution in [0.3, 0.4) is 0 Å². The fourth-order valence-electron chi connectivity index (χ4n) is 2.51. The zero-order valence-electron chi connectivity index (χ0n) is 14.7. The van der Waals surface area contributed by atoms with E-state index in [0.717, 1.165) is 22.4 Å². The predicted octanol–water partition coefficient (Wildman–Crippen LogP) is 4.16. The fraction of sp³-hybridized carbons (Fsp3) is 0.158. The first-order valence-corrected chi connectivity index (χ1v) is 9.85. The van der Waals surface area contributed by atoms with Crippen LogP contribution in [0.4, 0.5) is 4.79 Å². The number of nitrogens with one attached hydrogen (secondary N) is 1. The second-order valence-electron chi connectivity index (χ2n) is 5.90. The van der Waals surface area contributed by atoms with Gasteiger partial charge in [0.2, 0.25) is 0 Å². The Morgan fingerprint density at radius 3 is 2.71 bits per heavy atom. The van der Waals surface area contributed by atoms with E-state index < -0.39 is 11.1 Å². The third kappa shape index (κ3) is 4.55. The maximum absolute atomic E-state index is 12.5. The van der Waals surface area contributed by atoms with Gasteiger partial charge in [-0.3, -0.25) is 19.3 Å². The van der Waals surface area contributed by atoms with Crippen molar-refractivity contribution in [3.8, 4) is 0 Å². The molecule has 9 heteroatoms. The second kappa shape index (κ2) is 8.77. The number of thioether (sulfide) groups is 1. The van der Waals surface area contributed by atoms with Gasteiger partial charge in [-0.25, -0.2) is 4.98 Å². The molecule has 2 aromatic rings. The molecule has 0 atom stereocenters. The number of benzene rings is 1. The molecular weight excluding hydrogens is 421 g/mol. The molecular formula is C19H15Cl2N3O3S. The number of hydrogen-bond acceptors (Lipinski definition) is 5. The number of hydrogen-bond donors (Lipinski definition) is 1. The average Bonchev–Trinajstić information content (AvgIpc) is 2.92. The Kier molecular flexibility index (Phi) is 6.39. The van der Waals surface area contributed by atoms with E-state index in [1.807, 2.05) is 0 Å². The lowest BCUT2D eigenvalue weighted by Gasteiger charge is -2.13. The van der Waals surface area contributed by atoms with Crippen LogP contribution in [-0.2, 0) is 4.79 Å². The van der Waals surface area contributed by atoms with Crippen LogP contribution < -0.4 is 5.32 Å². The SMILES string of the molecule is Cc1cccc(C(=O)NCCN2C(=O)SC(=Cc3cccc(Cl)c3Cl)C2=O)n1. The molecule has 1 saturated heterocycles. The van der Waals surface area contributed by atoms with Gasteiger partial charge >= 0.3 is 0 Å². The number of halogens is 2. The van der Waals surface area contributed by atoms with E-state index in [0.29, 0.717) is 15.6 Å². The number of carbonyl (C=O) groups is 3. The predicted molar refractivity (Wildman–Crippen MR) is 110 cm³/mol. The molecule has 3 rings (SSSR count). The lowest BCUT2D eigenvalue weighted by Crippen LogP contribution is -2.37. The standard InChI is InChI=1S/C19H15Cl2N3O3S/c1-11-4-2-7-14(23-11)17(25)22-8-9-24-18(26)15(28-19(24)27)10-12-5-3-6-13(20)16(12)21/h2-7,10H,8-9H2,1H3,(H,22,25). The zero-order valence-corrected chi connectivity index (χ0v) is 17.1. The highest BCUT2D eigenvalue weighted by Crippen LogP contribution is 2.34. The summed E-state index contributed by atoms with van der Waals surface area (Å²) in [7, 11) is 0. The van der Waals surface area contributed by atoms with Crippen molar-refractivity contribution in [2.75, 3.05) is 13.1 Å². The molecule has 1 N–H and O–H groups in total. The van der Waals surface area contributed by atoms with Gasteiger partial charge in [0, 0.05) is 18.8 Å². The van der Waals surface area contributed by atoms with Crippen molar-refractivity contribution in [2.45, 2.75) is 6.92 Å². The van der Waals surface area contributed by atoms with Gasteiger partial charge in [0.15, 0.2) is 0 Å². The van der Waals surface area contributed by atoms with Crippen molar-refractivity contribution < 1.29 is 14.4 Å². The highest BCUT2D eigenvalue weighted by atomic mass is 35.5. The topological polar surface area (TPSA) is 79.4 Å². The van der Waals surface area contributed by atoms with E-state index >= 15 is 0 Å². The number of imide groups is 1. The Bertz CT molecular complexity index is 994. The van der Waals surface area contributed by atoms with Crippen LogP contribution in [-0.4, -0.2) is 40.0 Å². The van der Waals surface area contributed by atoms with E-state index in [9.17, 15) is 14.4 Å². The van der Waals surface area contributed by atoms with Crippen LogP contribution in [0.5, 0.6) is 0 Å². The molecule has 0 aliphatic carbocycles. The van der Waals surface area contributed by atoms with Crippen LogP contribution >= 0.6 is 35.0 Å². The van der Waals surface area contributed by atoms with Crippen molar-refractivity contribution >= 4 is 58.1 Å². The number of aryl methyl sites for hydroxylation is 1. The first kappa shape index (κ1) is 20.4. The van der Waals surface area contributed by atoms with Crippen LogP contribution in [0.1, 0.15) is 21.7 Å². The minimum Gasteiger partial charge on any atom is -0.349 e. The molecule has 6 nitrogen and oxygen atoms in total. The minimum atomic E-state index is -0.436. The summed E-state index contributed by atoms with van der Waals surface area (Å²) in [6, 6.07) is 10.2. The van der Waals surface area contributed by atoms with E-state index in [1.54, 1.807) is 43.3 Å². The average molecular weight is 436 g/mol. The summed E-state index contributed by atoms with van der Waals surface area (Å²) >= 11 is 12.9. The van der Waals surface area contributed by atoms with Crippen LogP contribution in [0.2, 0.25) is 10.0 Å².